The number of para-hydroxylation sites is 1. The highest BCUT2D eigenvalue weighted by Crippen LogP contribution is 2.16. The van der Waals surface area contributed by atoms with E-state index >= 15 is 0 Å². The predicted molar refractivity (Wildman–Crippen MR) is 64.4 cm³/mol. The van der Waals surface area contributed by atoms with Crippen LogP contribution >= 0.6 is 0 Å². The van der Waals surface area contributed by atoms with Crippen molar-refractivity contribution < 1.29 is 9.59 Å². The van der Waals surface area contributed by atoms with Crippen LogP contribution in [0.4, 0.5) is 5.69 Å². The number of carbonyl (C=O) groups is 1. The molecule has 0 spiro atoms. The molecule has 0 aromatic heterocycles. The molecule has 4 nitrogen and oxygen atoms in total. The van der Waals surface area contributed by atoms with E-state index in [-0.39, 0.29) is 5.91 Å². The molecule has 0 heterocycles. The van der Waals surface area contributed by atoms with Crippen molar-refractivity contribution in [2.24, 2.45) is 4.99 Å². The van der Waals surface area contributed by atoms with E-state index in [4.69, 9.17) is 0 Å². The van der Waals surface area contributed by atoms with Crippen molar-refractivity contribution in [3.8, 4) is 11.8 Å². The van der Waals surface area contributed by atoms with Crippen LogP contribution < -0.4 is 5.32 Å². The molecular formula is C13H12N2O2. The van der Waals surface area contributed by atoms with Crippen molar-refractivity contribution in [1.82, 2.24) is 5.32 Å². The molecule has 0 unspecified atom stereocenters. The van der Waals surface area contributed by atoms with Crippen LogP contribution in [0.5, 0.6) is 0 Å². The summed E-state index contributed by atoms with van der Waals surface area (Å²) in [5.74, 6) is 5.73. The standard InChI is InChI=1S/C13H12N2O2/c1-11(17)14-9-5-4-7-12-6-2-3-8-13(12)15-10-16/h2-3,6,8H,5,9H2,1H3,(H,14,17). The largest absolute Gasteiger partial charge is 0.355 e. The van der Waals surface area contributed by atoms with Gasteiger partial charge in [0.25, 0.3) is 0 Å². The van der Waals surface area contributed by atoms with Crippen LogP contribution in [-0.4, -0.2) is 18.5 Å². The summed E-state index contributed by atoms with van der Waals surface area (Å²) in [6.07, 6.45) is 2.05. The van der Waals surface area contributed by atoms with Crippen LogP contribution in [0.3, 0.4) is 0 Å². The first-order valence-electron chi connectivity index (χ1n) is 5.14. The highest BCUT2D eigenvalue weighted by molar-refractivity contribution is 5.72. The minimum Gasteiger partial charge on any atom is -0.355 e. The van der Waals surface area contributed by atoms with Gasteiger partial charge in [0.1, 0.15) is 0 Å². The highest BCUT2D eigenvalue weighted by Gasteiger charge is 1.95. The average molecular weight is 228 g/mol. The van der Waals surface area contributed by atoms with Crippen molar-refractivity contribution in [3.05, 3.63) is 29.8 Å². The van der Waals surface area contributed by atoms with Gasteiger partial charge < -0.3 is 5.32 Å². The Morgan fingerprint density at radius 2 is 2.18 bits per heavy atom. The van der Waals surface area contributed by atoms with Gasteiger partial charge in [-0.05, 0) is 12.1 Å². The Bertz CT molecular complexity index is 506. The Morgan fingerprint density at radius 1 is 1.41 bits per heavy atom. The van der Waals surface area contributed by atoms with Gasteiger partial charge in [0.15, 0.2) is 0 Å². The topological polar surface area (TPSA) is 58.5 Å². The zero-order valence-corrected chi connectivity index (χ0v) is 9.49. The molecule has 0 fully saturated rings. The molecule has 0 aliphatic rings. The lowest BCUT2D eigenvalue weighted by Crippen LogP contribution is -2.20. The van der Waals surface area contributed by atoms with Crippen LogP contribution in [0.1, 0.15) is 18.9 Å². The number of rotatable bonds is 3. The monoisotopic (exact) mass is 228 g/mol. The van der Waals surface area contributed by atoms with E-state index in [1.807, 2.05) is 6.07 Å². The van der Waals surface area contributed by atoms with E-state index in [1.165, 1.54) is 13.0 Å². The molecule has 0 saturated heterocycles. The fraction of sp³-hybridized carbons (Fsp3) is 0.231. The van der Waals surface area contributed by atoms with Crippen LogP contribution in [-0.2, 0) is 9.59 Å². The zero-order valence-electron chi connectivity index (χ0n) is 9.49. The first-order valence-corrected chi connectivity index (χ1v) is 5.14. The van der Waals surface area contributed by atoms with E-state index in [9.17, 15) is 9.59 Å². The molecule has 0 aliphatic heterocycles. The summed E-state index contributed by atoms with van der Waals surface area (Å²) in [6.45, 7) is 1.98. The molecule has 1 aromatic carbocycles. The van der Waals surface area contributed by atoms with Gasteiger partial charge in [-0.15, -0.1) is 0 Å². The lowest BCUT2D eigenvalue weighted by atomic mass is 10.2. The van der Waals surface area contributed by atoms with Gasteiger partial charge in [-0.25, -0.2) is 4.79 Å². The Kier molecular flexibility index (Phi) is 5.23. The van der Waals surface area contributed by atoms with Gasteiger partial charge in [0.05, 0.1) is 11.3 Å². The fourth-order valence-electron chi connectivity index (χ4n) is 1.18. The van der Waals surface area contributed by atoms with E-state index in [0.717, 1.165) is 0 Å². The van der Waals surface area contributed by atoms with E-state index < -0.39 is 0 Å². The third-order valence-electron chi connectivity index (χ3n) is 1.92. The number of amides is 1. The first-order chi connectivity index (χ1) is 8.24. The molecule has 4 heteroatoms. The zero-order chi connectivity index (χ0) is 12.5. The summed E-state index contributed by atoms with van der Waals surface area (Å²) in [6, 6.07) is 7.07. The lowest BCUT2D eigenvalue weighted by molar-refractivity contribution is -0.118. The SMILES string of the molecule is CC(=O)NCCC#Cc1ccccc1N=C=O. The van der Waals surface area contributed by atoms with Crippen molar-refractivity contribution in [2.45, 2.75) is 13.3 Å². The summed E-state index contributed by atoms with van der Waals surface area (Å²) in [4.78, 5) is 24.3. The molecule has 1 rings (SSSR count). The molecule has 1 aromatic rings. The lowest BCUT2D eigenvalue weighted by Gasteiger charge is -1.96. The number of hydrogen-bond donors (Lipinski definition) is 1. The molecule has 17 heavy (non-hydrogen) atoms. The first kappa shape index (κ1) is 12.7. The number of aliphatic imine (C=N–C) groups is 1. The summed E-state index contributed by atoms with van der Waals surface area (Å²) in [5, 5.41) is 2.64. The fourth-order valence-corrected chi connectivity index (χ4v) is 1.18. The molecule has 0 bridgehead atoms. The third kappa shape index (κ3) is 4.78. The molecule has 1 N–H and O–H groups in total. The van der Waals surface area contributed by atoms with Gasteiger partial charge in [-0.1, -0.05) is 24.0 Å². The summed E-state index contributed by atoms with van der Waals surface area (Å²) in [5.41, 5.74) is 1.19. The van der Waals surface area contributed by atoms with Gasteiger partial charge >= 0.3 is 0 Å². The van der Waals surface area contributed by atoms with E-state index in [2.05, 4.69) is 22.2 Å². The number of nitrogens with zero attached hydrogens (tertiary/aromatic N) is 1. The number of carbonyl (C=O) groups excluding carboxylic acids is 2. The molecule has 0 radical (unpaired) electrons. The van der Waals surface area contributed by atoms with Gasteiger partial charge in [0.2, 0.25) is 12.0 Å². The average Bonchev–Trinajstić information content (AvgIpc) is 2.31. The highest BCUT2D eigenvalue weighted by atomic mass is 16.1. The Labute approximate surface area is 99.8 Å². The Morgan fingerprint density at radius 3 is 2.88 bits per heavy atom. The van der Waals surface area contributed by atoms with Crippen LogP contribution in [0.25, 0.3) is 0 Å². The summed E-state index contributed by atoms with van der Waals surface area (Å²) in [7, 11) is 0. The molecule has 86 valence electrons. The Hall–Kier alpha value is -2.37. The quantitative estimate of drug-likeness (QED) is 0.369. The molecule has 1 amide bonds. The predicted octanol–water partition coefficient (Wildman–Crippen LogP) is 1.53. The number of isocyanates is 1. The van der Waals surface area contributed by atoms with Gasteiger partial charge in [-0.2, -0.15) is 4.99 Å². The number of hydrogen-bond acceptors (Lipinski definition) is 3. The summed E-state index contributed by atoms with van der Waals surface area (Å²) < 4.78 is 0. The maximum atomic E-state index is 10.6. The second-order valence-electron chi connectivity index (χ2n) is 3.25. The minimum absolute atomic E-state index is 0.0715. The maximum Gasteiger partial charge on any atom is 0.240 e. The van der Waals surface area contributed by atoms with Crippen LogP contribution in [0, 0.1) is 11.8 Å². The normalized spacial score (nSPS) is 8.53. The molecule has 0 atom stereocenters. The molecule has 0 aliphatic carbocycles. The Balaban J connectivity index is 2.65. The van der Waals surface area contributed by atoms with Crippen LogP contribution in [0.15, 0.2) is 29.3 Å². The van der Waals surface area contributed by atoms with Gasteiger partial charge in [0, 0.05) is 19.9 Å². The minimum atomic E-state index is -0.0715. The van der Waals surface area contributed by atoms with Gasteiger partial charge in [-0.3, -0.25) is 4.79 Å². The van der Waals surface area contributed by atoms with E-state index in [1.54, 1.807) is 18.2 Å². The smallest absolute Gasteiger partial charge is 0.240 e. The van der Waals surface area contributed by atoms with Crippen molar-refractivity contribution in [1.29, 1.82) is 0 Å². The van der Waals surface area contributed by atoms with Crippen LogP contribution in [0.2, 0.25) is 0 Å². The number of nitrogens with one attached hydrogen (secondary N) is 1. The van der Waals surface area contributed by atoms with E-state index in [0.29, 0.717) is 24.2 Å². The third-order valence-corrected chi connectivity index (χ3v) is 1.92. The van der Waals surface area contributed by atoms with Crippen molar-refractivity contribution >= 4 is 17.7 Å². The molecular weight excluding hydrogens is 216 g/mol. The number of benzene rings is 1. The second-order valence-corrected chi connectivity index (χ2v) is 3.25. The van der Waals surface area contributed by atoms with Crippen molar-refractivity contribution in [2.75, 3.05) is 6.54 Å². The second kappa shape index (κ2) is 7.00. The molecule has 0 saturated carbocycles. The maximum absolute atomic E-state index is 10.6. The van der Waals surface area contributed by atoms with Crippen molar-refractivity contribution in [3.63, 3.8) is 0 Å². The summed E-state index contributed by atoms with van der Waals surface area (Å²) >= 11 is 0.